The zero-order valence-corrected chi connectivity index (χ0v) is 13.2. The first-order chi connectivity index (χ1) is 9.34. The van der Waals surface area contributed by atoms with E-state index >= 15 is 0 Å². The van der Waals surface area contributed by atoms with Gasteiger partial charge in [0.1, 0.15) is 5.76 Å². The molecule has 0 aromatic carbocycles. The summed E-state index contributed by atoms with van der Waals surface area (Å²) in [5.74, 6) is 1.28. The summed E-state index contributed by atoms with van der Waals surface area (Å²) in [4.78, 5) is 16.2. The van der Waals surface area contributed by atoms with Gasteiger partial charge >= 0.3 is 0 Å². The molecule has 0 unspecified atom stereocenters. The number of amides is 1. The zero-order chi connectivity index (χ0) is 15.2. The average Bonchev–Trinajstić information content (AvgIpc) is 2.70. The Morgan fingerprint density at radius 1 is 1.40 bits per heavy atom. The first kappa shape index (κ1) is 16.7. The molecule has 1 amide bonds. The van der Waals surface area contributed by atoms with Crippen LogP contribution in [-0.2, 0) is 21.4 Å². The quantitative estimate of drug-likeness (QED) is 0.780. The lowest BCUT2D eigenvalue weighted by Crippen LogP contribution is -2.26. The van der Waals surface area contributed by atoms with E-state index in [9.17, 15) is 4.79 Å². The van der Waals surface area contributed by atoms with Crippen molar-refractivity contribution in [1.82, 2.24) is 10.3 Å². The Labute approximate surface area is 121 Å². The Balaban J connectivity index is 2.44. The second-order valence-corrected chi connectivity index (χ2v) is 5.85. The summed E-state index contributed by atoms with van der Waals surface area (Å²) in [7, 11) is 0. The molecule has 5 heteroatoms. The summed E-state index contributed by atoms with van der Waals surface area (Å²) in [6.07, 6.45) is 1.06. The second-order valence-electron chi connectivity index (χ2n) is 5.85. The minimum atomic E-state index is -0.142. The van der Waals surface area contributed by atoms with E-state index in [1.54, 1.807) is 0 Å². The number of nitrogens with one attached hydrogen (secondary N) is 1. The van der Waals surface area contributed by atoms with Gasteiger partial charge in [0.2, 0.25) is 5.91 Å². The fraction of sp³-hybridized carbons (Fsp3) is 0.733. The molecule has 0 aliphatic heterocycles. The largest absolute Gasteiger partial charge is 0.444 e. The van der Waals surface area contributed by atoms with Crippen LogP contribution in [0.15, 0.2) is 4.42 Å². The smallest absolute Gasteiger partial charge is 0.227 e. The Morgan fingerprint density at radius 3 is 2.65 bits per heavy atom. The van der Waals surface area contributed by atoms with Crippen molar-refractivity contribution in [3.8, 4) is 0 Å². The van der Waals surface area contributed by atoms with E-state index in [-0.39, 0.29) is 17.7 Å². The van der Waals surface area contributed by atoms with Crippen LogP contribution in [0.1, 0.15) is 51.5 Å². The summed E-state index contributed by atoms with van der Waals surface area (Å²) in [5, 5.41) is 2.86. The van der Waals surface area contributed by atoms with Gasteiger partial charge in [-0.1, -0.05) is 20.8 Å². The first-order valence-corrected chi connectivity index (χ1v) is 7.15. The van der Waals surface area contributed by atoms with Crippen molar-refractivity contribution in [2.45, 2.75) is 52.9 Å². The number of aryl methyl sites for hydroxylation is 1. The van der Waals surface area contributed by atoms with Gasteiger partial charge in [-0.15, -0.1) is 0 Å². The molecule has 0 aliphatic carbocycles. The molecule has 0 atom stereocenters. The predicted molar refractivity (Wildman–Crippen MR) is 77.8 cm³/mol. The summed E-state index contributed by atoms with van der Waals surface area (Å²) in [5.41, 5.74) is 0.649. The number of hydrogen-bond donors (Lipinski definition) is 1. The maximum atomic E-state index is 11.8. The van der Waals surface area contributed by atoms with E-state index in [2.05, 4.69) is 10.3 Å². The molecule has 1 heterocycles. The third-order valence-electron chi connectivity index (χ3n) is 2.85. The molecule has 1 aromatic rings. The molecule has 0 saturated heterocycles. The number of oxazole rings is 1. The van der Waals surface area contributed by atoms with Crippen LogP contribution in [-0.4, -0.2) is 30.6 Å². The zero-order valence-electron chi connectivity index (χ0n) is 13.2. The first-order valence-electron chi connectivity index (χ1n) is 7.15. The Hall–Kier alpha value is -1.36. The number of hydrogen-bond acceptors (Lipinski definition) is 4. The van der Waals surface area contributed by atoms with Gasteiger partial charge in [0.15, 0.2) is 5.89 Å². The van der Waals surface area contributed by atoms with Gasteiger partial charge in [-0.2, -0.15) is 0 Å². The van der Waals surface area contributed by atoms with Gasteiger partial charge in [-0.3, -0.25) is 4.79 Å². The Bertz CT molecular complexity index is 433. The van der Waals surface area contributed by atoms with Gasteiger partial charge in [0, 0.05) is 25.2 Å². The maximum Gasteiger partial charge on any atom is 0.227 e. The van der Waals surface area contributed by atoms with Crippen molar-refractivity contribution < 1.29 is 13.9 Å². The molecular formula is C15H26N2O3. The van der Waals surface area contributed by atoms with E-state index < -0.39 is 0 Å². The topological polar surface area (TPSA) is 64.4 Å². The minimum absolute atomic E-state index is 0.0405. The molecule has 1 rings (SSSR count). The van der Waals surface area contributed by atoms with E-state index in [0.29, 0.717) is 31.4 Å². The normalized spacial score (nSPS) is 11.7. The highest BCUT2D eigenvalue weighted by atomic mass is 16.5. The number of carbonyl (C=O) groups is 1. The molecule has 0 spiro atoms. The molecule has 5 nitrogen and oxygen atoms in total. The van der Waals surface area contributed by atoms with Gasteiger partial charge in [-0.05, 0) is 20.3 Å². The van der Waals surface area contributed by atoms with Crippen molar-refractivity contribution in [1.29, 1.82) is 0 Å². The molecular weight excluding hydrogens is 256 g/mol. The molecule has 1 N–H and O–H groups in total. The number of aromatic nitrogens is 1. The summed E-state index contributed by atoms with van der Waals surface area (Å²) in [6, 6.07) is 0. The van der Waals surface area contributed by atoms with Crippen LogP contribution in [0.25, 0.3) is 0 Å². The van der Waals surface area contributed by atoms with E-state index in [1.807, 2.05) is 34.6 Å². The van der Waals surface area contributed by atoms with Crippen LogP contribution in [0, 0.1) is 6.92 Å². The molecule has 114 valence electrons. The van der Waals surface area contributed by atoms with Gasteiger partial charge < -0.3 is 14.5 Å². The average molecular weight is 282 g/mol. The monoisotopic (exact) mass is 282 g/mol. The maximum absolute atomic E-state index is 11.8. The van der Waals surface area contributed by atoms with Crippen molar-refractivity contribution >= 4 is 5.91 Å². The number of rotatable bonds is 7. The minimum Gasteiger partial charge on any atom is -0.444 e. The summed E-state index contributed by atoms with van der Waals surface area (Å²) in [6.45, 7) is 11.9. The van der Waals surface area contributed by atoms with E-state index in [1.165, 1.54) is 0 Å². The van der Waals surface area contributed by atoms with E-state index in [4.69, 9.17) is 9.15 Å². The van der Waals surface area contributed by atoms with Gasteiger partial charge in [-0.25, -0.2) is 4.98 Å². The highest BCUT2D eigenvalue weighted by molar-refractivity contribution is 5.78. The van der Waals surface area contributed by atoms with Crippen LogP contribution in [0.3, 0.4) is 0 Å². The van der Waals surface area contributed by atoms with E-state index in [0.717, 1.165) is 12.1 Å². The summed E-state index contributed by atoms with van der Waals surface area (Å²) >= 11 is 0. The molecule has 0 bridgehead atoms. The fourth-order valence-electron chi connectivity index (χ4n) is 1.67. The molecule has 0 fully saturated rings. The third kappa shape index (κ3) is 5.33. The van der Waals surface area contributed by atoms with Gasteiger partial charge in [0.25, 0.3) is 0 Å². The lowest BCUT2D eigenvalue weighted by Gasteiger charge is -2.12. The SMILES string of the molecule is CCOCCCNC(=O)Cc1oc(C(C)(C)C)nc1C. The predicted octanol–water partition coefficient (Wildman–Crippen LogP) is 2.37. The Morgan fingerprint density at radius 2 is 2.10 bits per heavy atom. The van der Waals surface area contributed by atoms with Crippen molar-refractivity contribution in [3.63, 3.8) is 0 Å². The van der Waals surface area contributed by atoms with Crippen LogP contribution in [0.5, 0.6) is 0 Å². The lowest BCUT2D eigenvalue weighted by atomic mass is 9.97. The van der Waals surface area contributed by atoms with Crippen molar-refractivity contribution in [2.75, 3.05) is 19.8 Å². The highest BCUT2D eigenvalue weighted by Gasteiger charge is 2.23. The second kappa shape index (κ2) is 7.43. The van der Waals surface area contributed by atoms with Crippen molar-refractivity contribution in [2.24, 2.45) is 0 Å². The Kier molecular flexibility index (Phi) is 6.20. The van der Waals surface area contributed by atoms with Crippen LogP contribution < -0.4 is 5.32 Å². The third-order valence-corrected chi connectivity index (χ3v) is 2.85. The molecule has 1 aromatic heterocycles. The van der Waals surface area contributed by atoms with Crippen LogP contribution in [0.2, 0.25) is 0 Å². The van der Waals surface area contributed by atoms with Crippen LogP contribution >= 0.6 is 0 Å². The molecule has 0 aliphatic rings. The molecule has 0 radical (unpaired) electrons. The fourth-order valence-corrected chi connectivity index (χ4v) is 1.67. The number of carbonyl (C=O) groups excluding carboxylic acids is 1. The number of nitrogens with zero attached hydrogens (tertiary/aromatic N) is 1. The molecule has 20 heavy (non-hydrogen) atoms. The highest BCUT2D eigenvalue weighted by Crippen LogP contribution is 2.23. The number of ether oxygens (including phenoxy) is 1. The van der Waals surface area contributed by atoms with Gasteiger partial charge in [0.05, 0.1) is 12.1 Å². The standard InChI is InChI=1S/C15H26N2O3/c1-6-19-9-7-8-16-13(18)10-12-11(2)17-14(20-12)15(3,4)5/h6-10H2,1-5H3,(H,16,18). The van der Waals surface area contributed by atoms with Crippen molar-refractivity contribution in [3.05, 3.63) is 17.3 Å². The summed E-state index contributed by atoms with van der Waals surface area (Å²) < 4.78 is 10.9. The molecule has 0 saturated carbocycles. The van der Waals surface area contributed by atoms with Crippen LogP contribution in [0.4, 0.5) is 0 Å². The lowest BCUT2D eigenvalue weighted by molar-refractivity contribution is -0.120.